The number of hydrogen-bond acceptors (Lipinski definition) is 3. The molecule has 0 amide bonds. The zero-order chi connectivity index (χ0) is 18.4. The van der Waals surface area contributed by atoms with Crippen LogP contribution in [0.4, 0.5) is 0 Å². The largest absolute Gasteiger partial charge is 0.478 e. The number of carboxylic acid groups (broad SMARTS) is 1. The molecule has 0 aliphatic heterocycles. The Kier molecular flexibility index (Phi) is 5.60. The maximum absolute atomic E-state index is 11.8. The Hall–Kier alpha value is -3.08. The highest BCUT2D eigenvalue weighted by Gasteiger charge is 2.19. The van der Waals surface area contributed by atoms with Crippen molar-refractivity contribution in [2.75, 3.05) is 0 Å². The van der Waals surface area contributed by atoms with Gasteiger partial charge < -0.3 is 14.8 Å². The molecule has 0 spiro atoms. The van der Waals surface area contributed by atoms with Crippen LogP contribution in [0.3, 0.4) is 0 Å². The van der Waals surface area contributed by atoms with E-state index in [2.05, 4.69) is 4.98 Å². The maximum Gasteiger partial charge on any atom is 0.355 e. The molecule has 0 radical (unpaired) electrons. The molecule has 3 rings (SSSR count). The quantitative estimate of drug-likeness (QED) is 0.673. The highest BCUT2D eigenvalue weighted by atomic mass is 16.6. The summed E-state index contributed by atoms with van der Waals surface area (Å²) < 4.78 is 5.28. The number of ether oxygens (including phenoxy) is 1. The molecule has 0 aliphatic rings. The first-order valence-electron chi connectivity index (χ1n) is 7.86. The lowest BCUT2D eigenvalue weighted by Gasteiger charge is -2.18. The second kappa shape index (κ2) is 7.66. The smallest absolute Gasteiger partial charge is 0.355 e. The summed E-state index contributed by atoms with van der Waals surface area (Å²) in [6.45, 7) is 5.56. The number of carbonyl (C=O) groups is 2. The van der Waals surface area contributed by atoms with Crippen molar-refractivity contribution < 1.29 is 19.4 Å². The molecular formula is C20H21NO4. The number of aromatic carboxylic acids is 1. The average Bonchev–Trinajstić information content (AvgIpc) is 2.99. The number of fused-ring (bicyclic) bond motifs is 1. The lowest BCUT2D eigenvalue weighted by molar-refractivity contribution is 0.00637. The number of aromatic amines is 1. The number of hydrogen-bond donors (Lipinski definition) is 2. The Balaban J connectivity index is 0.000000212. The number of carboxylic acids is 1. The minimum atomic E-state index is -0.879. The minimum absolute atomic E-state index is 0.316. The first-order chi connectivity index (χ1) is 11.8. The first-order valence-corrected chi connectivity index (χ1v) is 7.86. The maximum atomic E-state index is 11.8. The molecule has 0 unspecified atom stereocenters. The lowest BCUT2D eigenvalue weighted by atomic mass is 10.2. The number of H-pyrrole nitrogens is 1. The SMILES string of the molecule is CC(C)(C)OC(=O)c1cc2ccccc2[nH]1.O=C(O)c1ccccc1. The molecule has 0 saturated heterocycles. The van der Waals surface area contributed by atoms with Gasteiger partial charge in [-0.25, -0.2) is 9.59 Å². The van der Waals surface area contributed by atoms with Gasteiger partial charge in [-0.3, -0.25) is 0 Å². The molecule has 1 heterocycles. The van der Waals surface area contributed by atoms with Gasteiger partial charge >= 0.3 is 11.9 Å². The summed E-state index contributed by atoms with van der Waals surface area (Å²) in [7, 11) is 0. The van der Waals surface area contributed by atoms with Gasteiger partial charge in [0.05, 0.1) is 5.56 Å². The van der Waals surface area contributed by atoms with Gasteiger partial charge in [-0.2, -0.15) is 0 Å². The first kappa shape index (κ1) is 18.3. The van der Waals surface area contributed by atoms with Gasteiger partial charge in [0, 0.05) is 10.9 Å². The van der Waals surface area contributed by atoms with E-state index in [4.69, 9.17) is 9.84 Å². The molecule has 0 bridgehead atoms. The number of para-hydroxylation sites is 1. The number of rotatable bonds is 2. The van der Waals surface area contributed by atoms with Gasteiger partial charge in [0.25, 0.3) is 0 Å². The summed E-state index contributed by atoms with van der Waals surface area (Å²) in [5, 5.41) is 9.40. The highest BCUT2D eigenvalue weighted by Crippen LogP contribution is 2.17. The van der Waals surface area contributed by atoms with Crippen LogP contribution >= 0.6 is 0 Å². The van der Waals surface area contributed by atoms with Crippen LogP contribution < -0.4 is 0 Å². The van der Waals surface area contributed by atoms with Crippen LogP contribution in [-0.2, 0) is 4.74 Å². The molecule has 1 aromatic heterocycles. The predicted molar refractivity (Wildman–Crippen MR) is 96.9 cm³/mol. The van der Waals surface area contributed by atoms with Crippen molar-refractivity contribution in [1.29, 1.82) is 0 Å². The van der Waals surface area contributed by atoms with E-state index in [1.165, 1.54) is 0 Å². The number of carbonyl (C=O) groups excluding carboxylic acids is 1. The van der Waals surface area contributed by atoms with Crippen molar-refractivity contribution >= 4 is 22.8 Å². The van der Waals surface area contributed by atoms with Gasteiger partial charge in [-0.15, -0.1) is 0 Å². The third-order valence-corrected chi connectivity index (χ3v) is 3.17. The van der Waals surface area contributed by atoms with Crippen LogP contribution in [0, 0.1) is 0 Å². The fourth-order valence-corrected chi connectivity index (χ4v) is 2.10. The standard InChI is InChI=1S/C13H15NO2.C7H6O2/c1-13(2,3)16-12(15)11-8-9-6-4-5-7-10(9)14-11;8-7(9)6-4-2-1-3-5-6/h4-8,14H,1-3H3;1-5H,(H,8,9). The van der Waals surface area contributed by atoms with E-state index in [0.29, 0.717) is 11.3 Å². The molecule has 5 heteroatoms. The van der Waals surface area contributed by atoms with Crippen LogP contribution in [0.1, 0.15) is 41.6 Å². The van der Waals surface area contributed by atoms with E-state index in [1.807, 2.05) is 51.1 Å². The zero-order valence-corrected chi connectivity index (χ0v) is 14.4. The molecule has 3 aromatic rings. The van der Waals surface area contributed by atoms with Gasteiger partial charge in [0.1, 0.15) is 11.3 Å². The van der Waals surface area contributed by atoms with E-state index in [-0.39, 0.29) is 5.97 Å². The molecule has 0 aliphatic carbocycles. The second-order valence-corrected chi connectivity index (χ2v) is 6.44. The number of benzene rings is 2. The summed E-state index contributed by atoms with van der Waals surface area (Å²) in [4.78, 5) is 25.0. The summed E-state index contributed by atoms with van der Waals surface area (Å²) in [5.41, 5.74) is 1.31. The minimum Gasteiger partial charge on any atom is -0.478 e. The van der Waals surface area contributed by atoms with Crippen molar-refractivity contribution in [2.45, 2.75) is 26.4 Å². The second-order valence-electron chi connectivity index (χ2n) is 6.44. The van der Waals surface area contributed by atoms with Crippen molar-refractivity contribution in [3.63, 3.8) is 0 Å². The third kappa shape index (κ3) is 5.49. The number of aromatic nitrogens is 1. The predicted octanol–water partition coefficient (Wildman–Crippen LogP) is 4.51. The van der Waals surface area contributed by atoms with Gasteiger partial charge in [-0.05, 0) is 45.0 Å². The molecule has 5 nitrogen and oxygen atoms in total. The van der Waals surface area contributed by atoms with Crippen LogP contribution in [0.5, 0.6) is 0 Å². The molecule has 0 atom stereocenters. The Morgan fingerprint density at radius 3 is 2.08 bits per heavy atom. The van der Waals surface area contributed by atoms with Crippen LogP contribution in [0.25, 0.3) is 10.9 Å². The van der Waals surface area contributed by atoms with Crippen molar-refractivity contribution in [3.05, 3.63) is 71.9 Å². The highest BCUT2D eigenvalue weighted by molar-refractivity contribution is 5.94. The molecule has 0 fully saturated rings. The van der Waals surface area contributed by atoms with Crippen LogP contribution in [-0.4, -0.2) is 27.6 Å². The van der Waals surface area contributed by atoms with E-state index >= 15 is 0 Å². The Morgan fingerprint density at radius 2 is 1.56 bits per heavy atom. The van der Waals surface area contributed by atoms with Gasteiger partial charge in [-0.1, -0.05) is 36.4 Å². The van der Waals surface area contributed by atoms with Crippen molar-refractivity contribution in [1.82, 2.24) is 4.98 Å². The Morgan fingerprint density at radius 1 is 0.960 bits per heavy atom. The molecule has 2 N–H and O–H groups in total. The van der Waals surface area contributed by atoms with Crippen molar-refractivity contribution in [3.8, 4) is 0 Å². The van der Waals surface area contributed by atoms with E-state index in [1.54, 1.807) is 30.3 Å². The molecule has 25 heavy (non-hydrogen) atoms. The molecule has 2 aromatic carbocycles. The molecule has 0 saturated carbocycles. The average molecular weight is 339 g/mol. The Bertz CT molecular complexity index is 827. The summed E-state index contributed by atoms with van der Waals surface area (Å²) in [6.07, 6.45) is 0. The summed E-state index contributed by atoms with van der Waals surface area (Å²) in [5.74, 6) is -1.20. The van der Waals surface area contributed by atoms with E-state index in [0.717, 1.165) is 10.9 Å². The molecular weight excluding hydrogens is 318 g/mol. The van der Waals surface area contributed by atoms with Gasteiger partial charge in [0.15, 0.2) is 0 Å². The number of esters is 1. The molecule has 130 valence electrons. The fraction of sp³-hybridized carbons (Fsp3) is 0.200. The zero-order valence-electron chi connectivity index (χ0n) is 14.4. The number of nitrogens with one attached hydrogen (secondary N) is 1. The fourth-order valence-electron chi connectivity index (χ4n) is 2.10. The monoisotopic (exact) mass is 339 g/mol. The summed E-state index contributed by atoms with van der Waals surface area (Å²) >= 11 is 0. The van der Waals surface area contributed by atoms with Crippen molar-refractivity contribution in [2.24, 2.45) is 0 Å². The Labute approximate surface area is 146 Å². The van der Waals surface area contributed by atoms with E-state index in [9.17, 15) is 9.59 Å². The normalized spacial score (nSPS) is 10.7. The van der Waals surface area contributed by atoms with Crippen LogP contribution in [0.15, 0.2) is 60.7 Å². The van der Waals surface area contributed by atoms with E-state index < -0.39 is 11.6 Å². The topological polar surface area (TPSA) is 79.4 Å². The summed E-state index contributed by atoms with van der Waals surface area (Å²) in [6, 6.07) is 17.9. The van der Waals surface area contributed by atoms with Crippen LogP contribution in [0.2, 0.25) is 0 Å². The van der Waals surface area contributed by atoms with Gasteiger partial charge in [0.2, 0.25) is 0 Å². The lowest BCUT2D eigenvalue weighted by Crippen LogP contribution is -2.24. The third-order valence-electron chi connectivity index (χ3n) is 3.17.